The molecule has 3 heteroatoms. The number of hydrogen-bond acceptors (Lipinski definition) is 1. The lowest BCUT2D eigenvalue weighted by atomic mass is 10.1. The van der Waals surface area contributed by atoms with Crippen molar-refractivity contribution >= 4 is 11.6 Å². The predicted octanol–water partition coefficient (Wildman–Crippen LogP) is 3.56. The molecule has 0 bridgehead atoms. The van der Waals surface area contributed by atoms with Gasteiger partial charge in [-0.2, -0.15) is 5.10 Å². The molecule has 0 atom stereocenters. The molecule has 0 amide bonds. The Bertz CT molecular complexity index is 360. The quantitative estimate of drug-likeness (QED) is 0.619. The molecule has 1 aromatic rings. The van der Waals surface area contributed by atoms with Crippen LogP contribution in [0.4, 0.5) is 0 Å². The highest BCUT2D eigenvalue weighted by atomic mass is 35.5. The average molecular weight is 227 g/mol. The van der Waals surface area contributed by atoms with E-state index in [-0.39, 0.29) is 5.54 Å². The maximum absolute atomic E-state index is 6.40. The molecule has 2 nitrogen and oxygen atoms in total. The smallest absolute Gasteiger partial charge is 0.131 e. The molecular weight excluding hydrogens is 208 g/mol. The van der Waals surface area contributed by atoms with Crippen LogP contribution in [0.1, 0.15) is 51.3 Å². The van der Waals surface area contributed by atoms with Crippen molar-refractivity contribution in [2.24, 2.45) is 0 Å². The largest absolute Gasteiger partial charge is 0.248 e. The molecule has 1 aliphatic carbocycles. The summed E-state index contributed by atoms with van der Waals surface area (Å²) in [6.07, 6.45) is 6.01. The zero-order valence-corrected chi connectivity index (χ0v) is 10.6. The van der Waals surface area contributed by atoms with E-state index in [4.69, 9.17) is 11.6 Å². The first kappa shape index (κ1) is 11.0. The fraction of sp³-hybridized carbons (Fsp3) is 0.750. The molecule has 84 valence electrons. The first-order chi connectivity index (χ1) is 7.00. The van der Waals surface area contributed by atoms with Crippen molar-refractivity contribution in [1.82, 2.24) is 9.78 Å². The topological polar surface area (TPSA) is 17.8 Å². The number of halogens is 1. The van der Waals surface area contributed by atoms with E-state index >= 15 is 0 Å². The molecule has 0 aliphatic heterocycles. The van der Waals surface area contributed by atoms with Gasteiger partial charge in [0.15, 0.2) is 0 Å². The van der Waals surface area contributed by atoms with Gasteiger partial charge in [0.05, 0.1) is 11.2 Å². The van der Waals surface area contributed by atoms with Crippen molar-refractivity contribution in [3.63, 3.8) is 0 Å². The molecule has 1 heterocycles. The van der Waals surface area contributed by atoms with Crippen LogP contribution in [0.15, 0.2) is 0 Å². The fourth-order valence-electron chi connectivity index (χ4n) is 2.14. The Morgan fingerprint density at radius 2 is 1.80 bits per heavy atom. The molecule has 0 radical (unpaired) electrons. The van der Waals surface area contributed by atoms with Crippen LogP contribution in [0.5, 0.6) is 0 Å². The summed E-state index contributed by atoms with van der Waals surface area (Å²) in [4.78, 5) is 0. The zero-order valence-electron chi connectivity index (χ0n) is 9.81. The van der Waals surface area contributed by atoms with E-state index in [1.165, 1.54) is 30.5 Å². The van der Waals surface area contributed by atoms with Gasteiger partial charge in [-0.05, 0) is 46.5 Å². The van der Waals surface area contributed by atoms with Gasteiger partial charge in [-0.1, -0.05) is 18.0 Å². The Labute approximate surface area is 96.6 Å². The minimum Gasteiger partial charge on any atom is -0.248 e. The summed E-state index contributed by atoms with van der Waals surface area (Å²) in [6.45, 7) is 6.43. The van der Waals surface area contributed by atoms with Gasteiger partial charge < -0.3 is 0 Å². The Kier molecular flexibility index (Phi) is 2.80. The number of fused-ring (bicyclic) bond motifs is 1. The first-order valence-electron chi connectivity index (χ1n) is 5.77. The molecule has 0 N–H and O–H groups in total. The Hall–Kier alpha value is -0.500. The molecule has 0 saturated heterocycles. The van der Waals surface area contributed by atoms with Crippen molar-refractivity contribution in [3.8, 4) is 0 Å². The van der Waals surface area contributed by atoms with Gasteiger partial charge in [0.25, 0.3) is 0 Å². The summed E-state index contributed by atoms with van der Waals surface area (Å²) in [6, 6.07) is 0. The third-order valence-corrected chi connectivity index (χ3v) is 3.37. The van der Waals surface area contributed by atoms with Crippen molar-refractivity contribution in [2.75, 3.05) is 0 Å². The van der Waals surface area contributed by atoms with E-state index in [0.717, 1.165) is 18.0 Å². The minimum atomic E-state index is -0.0106. The Morgan fingerprint density at radius 3 is 2.47 bits per heavy atom. The van der Waals surface area contributed by atoms with E-state index in [1.807, 2.05) is 4.68 Å². The number of aromatic nitrogens is 2. The van der Waals surface area contributed by atoms with Crippen molar-refractivity contribution in [3.05, 3.63) is 16.4 Å². The van der Waals surface area contributed by atoms with E-state index in [0.29, 0.717) is 0 Å². The predicted molar refractivity (Wildman–Crippen MR) is 63.5 cm³/mol. The highest BCUT2D eigenvalue weighted by Crippen LogP contribution is 2.30. The van der Waals surface area contributed by atoms with E-state index < -0.39 is 0 Å². The van der Waals surface area contributed by atoms with Crippen LogP contribution in [0.3, 0.4) is 0 Å². The summed E-state index contributed by atoms with van der Waals surface area (Å²) >= 11 is 6.40. The minimum absolute atomic E-state index is 0.0106. The molecule has 1 aromatic heterocycles. The maximum atomic E-state index is 6.40. The van der Waals surface area contributed by atoms with Gasteiger partial charge in [0, 0.05) is 5.56 Å². The monoisotopic (exact) mass is 226 g/mol. The molecule has 0 fully saturated rings. The van der Waals surface area contributed by atoms with Gasteiger partial charge in [-0.15, -0.1) is 0 Å². The molecular formula is C12H19ClN2. The number of aryl methyl sites for hydroxylation is 1. The molecule has 0 aromatic carbocycles. The van der Waals surface area contributed by atoms with Gasteiger partial charge in [-0.3, -0.25) is 0 Å². The van der Waals surface area contributed by atoms with Crippen LogP contribution in [-0.4, -0.2) is 9.78 Å². The highest BCUT2D eigenvalue weighted by molar-refractivity contribution is 6.30. The van der Waals surface area contributed by atoms with Gasteiger partial charge in [0.2, 0.25) is 0 Å². The first-order valence-corrected chi connectivity index (χ1v) is 6.14. The second-order valence-electron chi connectivity index (χ2n) is 5.36. The van der Waals surface area contributed by atoms with Crippen molar-refractivity contribution in [2.45, 2.75) is 58.4 Å². The van der Waals surface area contributed by atoms with Crippen LogP contribution in [0.2, 0.25) is 5.15 Å². The number of nitrogens with zero attached hydrogens (tertiary/aromatic N) is 2. The van der Waals surface area contributed by atoms with Crippen molar-refractivity contribution in [1.29, 1.82) is 0 Å². The maximum Gasteiger partial charge on any atom is 0.131 e. The Morgan fingerprint density at radius 1 is 1.13 bits per heavy atom. The summed E-state index contributed by atoms with van der Waals surface area (Å²) in [5.74, 6) is 0. The van der Waals surface area contributed by atoms with E-state index in [9.17, 15) is 0 Å². The summed E-state index contributed by atoms with van der Waals surface area (Å²) < 4.78 is 1.98. The van der Waals surface area contributed by atoms with Crippen LogP contribution in [0, 0.1) is 0 Å². The standard InChI is InChI=1S/C12H19ClN2/c1-12(2,3)15-11(13)9-7-5-4-6-8-10(9)14-15/h4-8H2,1-3H3. The number of hydrogen-bond donors (Lipinski definition) is 0. The van der Waals surface area contributed by atoms with Crippen LogP contribution in [0.25, 0.3) is 0 Å². The highest BCUT2D eigenvalue weighted by Gasteiger charge is 2.24. The second-order valence-corrected chi connectivity index (χ2v) is 5.72. The van der Waals surface area contributed by atoms with Gasteiger partial charge in [0.1, 0.15) is 5.15 Å². The summed E-state index contributed by atoms with van der Waals surface area (Å²) in [5.41, 5.74) is 2.51. The number of rotatable bonds is 0. The molecule has 0 spiro atoms. The SMILES string of the molecule is CC(C)(C)n1nc2c(c1Cl)CCCCC2. The second kappa shape index (κ2) is 3.82. The van der Waals surface area contributed by atoms with E-state index in [2.05, 4.69) is 25.9 Å². The summed E-state index contributed by atoms with van der Waals surface area (Å²) in [7, 11) is 0. The Balaban J connectivity index is 2.45. The third kappa shape index (κ3) is 2.05. The normalized spacial score (nSPS) is 17.3. The molecule has 15 heavy (non-hydrogen) atoms. The average Bonchev–Trinajstić information content (AvgIpc) is 2.36. The molecule has 0 unspecified atom stereocenters. The fourth-order valence-corrected chi connectivity index (χ4v) is 2.63. The third-order valence-electron chi connectivity index (χ3n) is 2.98. The van der Waals surface area contributed by atoms with E-state index in [1.54, 1.807) is 0 Å². The van der Waals surface area contributed by atoms with Crippen LogP contribution < -0.4 is 0 Å². The molecule has 2 rings (SSSR count). The molecule has 1 aliphatic rings. The van der Waals surface area contributed by atoms with Crippen molar-refractivity contribution < 1.29 is 0 Å². The lowest BCUT2D eigenvalue weighted by Crippen LogP contribution is -2.23. The zero-order chi connectivity index (χ0) is 11.1. The van der Waals surface area contributed by atoms with Gasteiger partial charge in [-0.25, -0.2) is 4.68 Å². The summed E-state index contributed by atoms with van der Waals surface area (Å²) in [5, 5.41) is 5.53. The molecule has 0 saturated carbocycles. The van der Waals surface area contributed by atoms with Crippen LogP contribution >= 0.6 is 11.6 Å². The van der Waals surface area contributed by atoms with Gasteiger partial charge >= 0.3 is 0 Å². The lowest BCUT2D eigenvalue weighted by Gasteiger charge is -2.20. The van der Waals surface area contributed by atoms with Crippen LogP contribution in [-0.2, 0) is 18.4 Å². The lowest BCUT2D eigenvalue weighted by molar-refractivity contribution is 0.353.